The number of nitrogens with one attached hydrogen (secondary N) is 1. The predicted octanol–water partition coefficient (Wildman–Crippen LogP) is 1.71. The van der Waals surface area contributed by atoms with Crippen LogP contribution in [0.25, 0.3) is 5.57 Å². The third kappa shape index (κ3) is 1.52. The number of ether oxygens (including phenoxy) is 1. The quantitative estimate of drug-likeness (QED) is 0.817. The van der Waals surface area contributed by atoms with E-state index < -0.39 is 0 Å². The van der Waals surface area contributed by atoms with E-state index in [-0.39, 0.29) is 0 Å². The van der Waals surface area contributed by atoms with E-state index in [2.05, 4.69) is 22.4 Å². The lowest BCUT2D eigenvalue weighted by molar-refractivity contribution is 0.412. The van der Waals surface area contributed by atoms with E-state index in [0.29, 0.717) is 5.92 Å². The number of rotatable bonds is 2. The van der Waals surface area contributed by atoms with Crippen molar-refractivity contribution < 1.29 is 4.74 Å². The molecule has 0 saturated carbocycles. The van der Waals surface area contributed by atoms with Crippen LogP contribution in [0, 0.1) is 11.8 Å². The highest BCUT2D eigenvalue weighted by molar-refractivity contribution is 5.70. The smallest absolute Gasteiger partial charge is 0.137 e. The molecule has 0 spiro atoms. The molecule has 0 radical (unpaired) electrons. The van der Waals surface area contributed by atoms with Crippen LogP contribution in [0.15, 0.2) is 24.5 Å². The van der Waals surface area contributed by atoms with Gasteiger partial charge in [-0.05, 0) is 36.1 Å². The van der Waals surface area contributed by atoms with Gasteiger partial charge in [0.05, 0.1) is 13.3 Å². The SMILES string of the molecule is COc1cncc(C2=CC[C@@H]3CNC[C@H]23)c1. The first kappa shape index (κ1) is 9.85. The van der Waals surface area contributed by atoms with E-state index >= 15 is 0 Å². The zero-order valence-corrected chi connectivity index (χ0v) is 9.44. The first-order valence-corrected chi connectivity index (χ1v) is 5.78. The number of hydrogen-bond acceptors (Lipinski definition) is 3. The lowest BCUT2D eigenvalue weighted by Crippen LogP contribution is -2.10. The molecular formula is C13H16N2O. The second kappa shape index (κ2) is 3.91. The second-order valence-electron chi connectivity index (χ2n) is 4.53. The fourth-order valence-corrected chi connectivity index (χ4v) is 2.79. The van der Waals surface area contributed by atoms with Crippen molar-refractivity contribution in [3.05, 3.63) is 30.1 Å². The first-order chi connectivity index (χ1) is 7.88. The Morgan fingerprint density at radius 3 is 3.19 bits per heavy atom. The summed E-state index contributed by atoms with van der Waals surface area (Å²) in [6, 6.07) is 2.08. The summed E-state index contributed by atoms with van der Waals surface area (Å²) in [6.45, 7) is 2.26. The van der Waals surface area contributed by atoms with Gasteiger partial charge >= 0.3 is 0 Å². The molecule has 16 heavy (non-hydrogen) atoms. The maximum Gasteiger partial charge on any atom is 0.137 e. The molecule has 0 aromatic carbocycles. The number of methoxy groups -OCH3 is 1. The molecule has 1 N–H and O–H groups in total. The largest absolute Gasteiger partial charge is 0.495 e. The van der Waals surface area contributed by atoms with E-state index in [9.17, 15) is 0 Å². The molecule has 2 heterocycles. The van der Waals surface area contributed by atoms with Crippen LogP contribution in [-0.2, 0) is 0 Å². The van der Waals surface area contributed by atoms with Crippen molar-refractivity contribution in [3.8, 4) is 5.75 Å². The number of nitrogens with zero attached hydrogens (tertiary/aromatic N) is 1. The standard InChI is InChI=1S/C13H16N2O/c1-16-11-4-10(6-14-7-11)12-3-2-9-5-15-8-13(9)12/h3-4,6-7,9,13,15H,2,5,8H2,1H3/t9-,13+/m1/s1. The number of pyridine rings is 1. The van der Waals surface area contributed by atoms with Crippen LogP contribution in [0.3, 0.4) is 0 Å². The molecule has 0 amide bonds. The van der Waals surface area contributed by atoms with Gasteiger partial charge in [-0.15, -0.1) is 0 Å². The molecule has 3 heteroatoms. The lowest BCUT2D eigenvalue weighted by Gasteiger charge is -2.13. The van der Waals surface area contributed by atoms with Crippen LogP contribution in [-0.4, -0.2) is 25.2 Å². The van der Waals surface area contributed by atoms with E-state index in [1.807, 2.05) is 6.20 Å². The zero-order valence-electron chi connectivity index (χ0n) is 9.44. The fraction of sp³-hybridized carbons (Fsp3) is 0.462. The van der Waals surface area contributed by atoms with Gasteiger partial charge in [0.2, 0.25) is 0 Å². The molecule has 2 atom stereocenters. The van der Waals surface area contributed by atoms with Crippen LogP contribution in [0.5, 0.6) is 5.75 Å². The minimum absolute atomic E-state index is 0.675. The Morgan fingerprint density at radius 1 is 1.38 bits per heavy atom. The topological polar surface area (TPSA) is 34.1 Å². The maximum atomic E-state index is 5.22. The Bertz CT molecular complexity index is 428. The van der Waals surface area contributed by atoms with Crippen LogP contribution in [0.2, 0.25) is 0 Å². The summed E-state index contributed by atoms with van der Waals surface area (Å²) in [6.07, 6.45) is 7.26. The monoisotopic (exact) mass is 216 g/mol. The Hall–Kier alpha value is -1.35. The number of fused-ring (bicyclic) bond motifs is 1. The van der Waals surface area contributed by atoms with Gasteiger partial charge in [0.15, 0.2) is 0 Å². The lowest BCUT2D eigenvalue weighted by atomic mass is 9.91. The van der Waals surface area contributed by atoms with E-state index in [1.165, 1.54) is 17.6 Å². The van der Waals surface area contributed by atoms with Gasteiger partial charge in [0.1, 0.15) is 5.75 Å². The van der Waals surface area contributed by atoms with Crippen LogP contribution < -0.4 is 10.1 Å². The van der Waals surface area contributed by atoms with Gasteiger partial charge in [-0.3, -0.25) is 4.98 Å². The van der Waals surface area contributed by atoms with Crippen molar-refractivity contribution in [2.24, 2.45) is 11.8 Å². The van der Waals surface area contributed by atoms with Crippen molar-refractivity contribution in [1.29, 1.82) is 0 Å². The molecule has 1 aliphatic heterocycles. The Labute approximate surface area is 95.5 Å². The summed E-state index contributed by atoms with van der Waals surface area (Å²) in [5.41, 5.74) is 2.66. The summed E-state index contributed by atoms with van der Waals surface area (Å²) in [7, 11) is 1.68. The fourth-order valence-electron chi connectivity index (χ4n) is 2.79. The normalized spacial score (nSPS) is 27.7. The molecule has 0 unspecified atom stereocenters. The highest BCUT2D eigenvalue weighted by atomic mass is 16.5. The van der Waals surface area contributed by atoms with Crippen molar-refractivity contribution >= 4 is 5.57 Å². The van der Waals surface area contributed by atoms with Gasteiger partial charge in [0.25, 0.3) is 0 Å². The van der Waals surface area contributed by atoms with Crippen molar-refractivity contribution in [3.63, 3.8) is 0 Å². The van der Waals surface area contributed by atoms with Gasteiger partial charge in [-0.1, -0.05) is 6.08 Å². The molecule has 1 aliphatic carbocycles. The van der Waals surface area contributed by atoms with Gasteiger partial charge in [-0.25, -0.2) is 0 Å². The summed E-state index contributed by atoms with van der Waals surface area (Å²) in [5, 5.41) is 3.46. The summed E-state index contributed by atoms with van der Waals surface area (Å²) in [5.74, 6) is 2.31. The number of hydrogen-bond donors (Lipinski definition) is 1. The summed E-state index contributed by atoms with van der Waals surface area (Å²) >= 11 is 0. The van der Waals surface area contributed by atoms with Crippen molar-refractivity contribution in [2.75, 3.05) is 20.2 Å². The third-order valence-electron chi connectivity index (χ3n) is 3.66. The van der Waals surface area contributed by atoms with E-state index in [0.717, 1.165) is 24.8 Å². The van der Waals surface area contributed by atoms with E-state index in [4.69, 9.17) is 4.74 Å². The minimum atomic E-state index is 0.675. The van der Waals surface area contributed by atoms with Crippen molar-refractivity contribution in [1.82, 2.24) is 10.3 Å². The Balaban J connectivity index is 1.91. The number of aromatic nitrogens is 1. The Morgan fingerprint density at radius 2 is 2.31 bits per heavy atom. The molecular weight excluding hydrogens is 200 g/mol. The zero-order chi connectivity index (χ0) is 11.0. The Kier molecular flexibility index (Phi) is 2.40. The highest BCUT2D eigenvalue weighted by Crippen LogP contribution is 2.40. The molecule has 2 aliphatic rings. The van der Waals surface area contributed by atoms with Crippen LogP contribution >= 0.6 is 0 Å². The molecule has 1 aromatic rings. The molecule has 1 saturated heterocycles. The average molecular weight is 216 g/mol. The number of allylic oxidation sites excluding steroid dienone is 1. The summed E-state index contributed by atoms with van der Waals surface area (Å²) in [4.78, 5) is 4.23. The first-order valence-electron chi connectivity index (χ1n) is 5.78. The van der Waals surface area contributed by atoms with Gasteiger partial charge < -0.3 is 10.1 Å². The molecule has 1 aromatic heterocycles. The van der Waals surface area contributed by atoms with Gasteiger partial charge in [0, 0.05) is 18.7 Å². The molecule has 0 bridgehead atoms. The average Bonchev–Trinajstić information content (AvgIpc) is 2.90. The van der Waals surface area contributed by atoms with Gasteiger partial charge in [-0.2, -0.15) is 0 Å². The third-order valence-corrected chi connectivity index (χ3v) is 3.66. The molecule has 84 valence electrons. The van der Waals surface area contributed by atoms with Crippen LogP contribution in [0.1, 0.15) is 12.0 Å². The van der Waals surface area contributed by atoms with Crippen molar-refractivity contribution in [2.45, 2.75) is 6.42 Å². The highest BCUT2D eigenvalue weighted by Gasteiger charge is 2.34. The predicted molar refractivity (Wildman–Crippen MR) is 63.2 cm³/mol. The second-order valence-corrected chi connectivity index (χ2v) is 4.53. The molecule has 3 rings (SSSR count). The van der Waals surface area contributed by atoms with E-state index in [1.54, 1.807) is 13.3 Å². The maximum absolute atomic E-state index is 5.22. The molecule has 3 nitrogen and oxygen atoms in total. The minimum Gasteiger partial charge on any atom is -0.495 e. The van der Waals surface area contributed by atoms with Crippen LogP contribution in [0.4, 0.5) is 0 Å². The summed E-state index contributed by atoms with van der Waals surface area (Å²) < 4.78 is 5.22. The molecule has 1 fully saturated rings.